The maximum Gasteiger partial charge on any atom is 0.118 e. The van der Waals surface area contributed by atoms with Gasteiger partial charge in [-0.2, -0.15) is 0 Å². The Balaban J connectivity index is 1.97. The summed E-state index contributed by atoms with van der Waals surface area (Å²) in [6.07, 6.45) is 2.87. The van der Waals surface area contributed by atoms with E-state index in [9.17, 15) is 0 Å². The average Bonchev–Trinajstić information content (AvgIpc) is 2.85. The fourth-order valence-corrected chi connectivity index (χ4v) is 2.61. The molecule has 96 valence electrons. The van der Waals surface area contributed by atoms with E-state index in [1.165, 1.54) is 5.56 Å². The summed E-state index contributed by atoms with van der Waals surface area (Å²) in [5.74, 6) is 0.890. The quantitative estimate of drug-likeness (QED) is 0.870. The van der Waals surface area contributed by atoms with Crippen LogP contribution in [0.5, 0.6) is 5.75 Å². The molecule has 0 fully saturated rings. The zero-order valence-electron chi connectivity index (χ0n) is 10.6. The Morgan fingerprint density at radius 1 is 1.28 bits per heavy atom. The second kappa shape index (κ2) is 6.52. The van der Waals surface area contributed by atoms with Crippen LogP contribution in [0.4, 0.5) is 0 Å². The SMILES string of the molecule is COc1ccc(Cc2nc(CCCN)cs2)cc1. The molecule has 0 saturated carbocycles. The van der Waals surface area contributed by atoms with Gasteiger partial charge in [0.25, 0.3) is 0 Å². The summed E-state index contributed by atoms with van der Waals surface area (Å²) in [6.45, 7) is 0.728. The first-order valence-electron chi connectivity index (χ1n) is 6.08. The van der Waals surface area contributed by atoms with Gasteiger partial charge in [0.15, 0.2) is 0 Å². The lowest BCUT2D eigenvalue weighted by molar-refractivity contribution is 0.414. The fraction of sp³-hybridized carbons (Fsp3) is 0.357. The van der Waals surface area contributed by atoms with Gasteiger partial charge in [0.1, 0.15) is 5.75 Å². The molecule has 0 aliphatic heterocycles. The highest BCUT2D eigenvalue weighted by atomic mass is 32.1. The first-order chi connectivity index (χ1) is 8.81. The molecule has 2 rings (SSSR count). The smallest absolute Gasteiger partial charge is 0.118 e. The molecule has 2 aromatic rings. The second-order valence-corrected chi connectivity index (χ2v) is 5.09. The minimum absolute atomic E-state index is 0.728. The van der Waals surface area contributed by atoms with Crippen molar-refractivity contribution in [3.05, 3.63) is 45.9 Å². The van der Waals surface area contributed by atoms with Gasteiger partial charge in [-0.3, -0.25) is 0 Å². The molecule has 0 aliphatic rings. The van der Waals surface area contributed by atoms with Crippen LogP contribution in [0.15, 0.2) is 29.6 Å². The number of hydrogen-bond donors (Lipinski definition) is 1. The van der Waals surface area contributed by atoms with E-state index >= 15 is 0 Å². The standard InChI is InChI=1S/C14H18N2OS/c1-17-13-6-4-11(5-7-13)9-14-16-12(10-18-14)3-2-8-15/h4-7,10H,2-3,8-9,15H2,1H3. The molecule has 0 saturated heterocycles. The number of aryl methyl sites for hydroxylation is 1. The lowest BCUT2D eigenvalue weighted by Crippen LogP contribution is -2.00. The van der Waals surface area contributed by atoms with E-state index in [1.54, 1.807) is 18.4 Å². The van der Waals surface area contributed by atoms with Crippen molar-refractivity contribution >= 4 is 11.3 Å². The van der Waals surface area contributed by atoms with Crippen molar-refractivity contribution in [3.8, 4) is 5.75 Å². The van der Waals surface area contributed by atoms with E-state index < -0.39 is 0 Å². The van der Waals surface area contributed by atoms with Crippen LogP contribution in [0.1, 0.15) is 22.7 Å². The zero-order valence-corrected chi connectivity index (χ0v) is 11.4. The molecule has 0 spiro atoms. The molecular formula is C14H18N2OS. The Kier molecular flexibility index (Phi) is 4.73. The summed E-state index contributed by atoms with van der Waals surface area (Å²) < 4.78 is 5.14. The highest BCUT2D eigenvalue weighted by molar-refractivity contribution is 7.09. The predicted octanol–water partition coefficient (Wildman–Crippen LogP) is 2.63. The van der Waals surface area contributed by atoms with Gasteiger partial charge in [-0.25, -0.2) is 4.98 Å². The van der Waals surface area contributed by atoms with E-state index in [4.69, 9.17) is 10.5 Å². The summed E-state index contributed by atoms with van der Waals surface area (Å²) in [4.78, 5) is 4.62. The predicted molar refractivity (Wildman–Crippen MR) is 75.3 cm³/mol. The monoisotopic (exact) mass is 262 g/mol. The molecule has 18 heavy (non-hydrogen) atoms. The van der Waals surface area contributed by atoms with Crippen LogP contribution in [0, 0.1) is 0 Å². The van der Waals surface area contributed by atoms with Crippen LogP contribution in [0.2, 0.25) is 0 Å². The van der Waals surface area contributed by atoms with Gasteiger partial charge in [-0.15, -0.1) is 11.3 Å². The number of ether oxygens (including phenoxy) is 1. The third-order valence-corrected chi connectivity index (χ3v) is 3.65. The summed E-state index contributed by atoms with van der Waals surface area (Å²) in [5.41, 5.74) is 7.92. The van der Waals surface area contributed by atoms with E-state index in [0.717, 1.165) is 42.3 Å². The summed E-state index contributed by atoms with van der Waals surface area (Å²) in [7, 11) is 1.68. The maximum absolute atomic E-state index is 5.50. The van der Waals surface area contributed by atoms with Crippen LogP contribution in [0.3, 0.4) is 0 Å². The fourth-order valence-electron chi connectivity index (χ4n) is 1.75. The van der Waals surface area contributed by atoms with Crippen LogP contribution in [0.25, 0.3) is 0 Å². The van der Waals surface area contributed by atoms with Crippen LogP contribution < -0.4 is 10.5 Å². The Labute approximate surface area is 112 Å². The molecule has 0 amide bonds. The minimum Gasteiger partial charge on any atom is -0.497 e. The van der Waals surface area contributed by atoms with Gasteiger partial charge in [-0.05, 0) is 37.1 Å². The Morgan fingerprint density at radius 3 is 2.72 bits per heavy atom. The van der Waals surface area contributed by atoms with Crippen molar-refractivity contribution in [1.29, 1.82) is 0 Å². The van der Waals surface area contributed by atoms with Gasteiger partial charge in [0.2, 0.25) is 0 Å². The number of hydrogen-bond acceptors (Lipinski definition) is 4. The summed E-state index contributed by atoms with van der Waals surface area (Å²) >= 11 is 1.72. The Morgan fingerprint density at radius 2 is 2.06 bits per heavy atom. The number of aromatic nitrogens is 1. The molecule has 0 aliphatic carbocycles. The minimum atomic E-state index is 0.728. The molecule has 1 heterocycles. The third-order valence-electron chi connectivity index (χ3n) is 2.75. The van der Waals surface area contributed by atoms with Gasteiger partial charge in [-0.1, -0.05) is 12.1 Å². The van der Waals surface area contributed by atoms with Gasteiger partial charge in [0.05, 0.1) is 17.8 Å². The van der Waals surface area contributed by atoms with Crippen molar-refractivity contribution in [2.75, 3.05) is 13.7 Å². The highest BCUT2D eigenvalue weighted by Crippen LogP contribution is 2.18. The Bertz CT molecular complexity index is 479. The number of rotatable bonds is 6. The first-order valence-corrected chi connectivity index (χ1v) is 6.96. The number of thiazole rings is 1. The number of nitrogens with zero attached hydrogens (tertiary/aromatic N) is 1. The third kappa shape index (κ3) is 3.55. The van der Waals surface area contributed by atoms with Crippen molar-refractivity contribution in [1.82, 2.24) is 4.98 Å². The Hall–Kier alpha value is -1.39. The van der Waals surface area contributed by atoms with Crippen LogP contribution >= 0.6 is 11.3 Å². The van der Waals surface area contributed by atoms with E-state index in [1.807, 2.05) is 12.1 Å². The van der Waals surface area contributed by atoms with E-state index in [2.05, 4.69) is 22.5 Å². The van der Waals surface area contributed by atoms with Crippen molar-refractivity contribution < 1.29 is 4.74 Å². The molecule has 1 aromatic carbocycles. The van der Waals surface area contributed by atoms with Crippen LogP contribution in [-0.4, -0.2) is 18.6 Å². The largest absolute Gasteiger partial charge is 0.497 e. The molecule has 0 unspecified atom stereocenters. The number of nitrogens with two attached hydrogens (primary N) is 1. The maximum atomic E-state index is 5.50. The van der Waals surface area contributed by atoms with E-state index in [-0.39, 0.29) is 0 Å². The summed E-state index contributed by atoms with van der Waals surface area (Å²) in [6, 6.07) is 8.14. The molecule has 1 aromatic heterocycles. The number of methoxy groups -OCH3 is 1. The molecule has 2 N–H and O–H groups in total. The second-order valence-electron chi connectivity index (χ2n) is 4.15. The zero-order chi connectivity index (χ0) is 12.8. The van der Waals surface area contributed by atoms with Crippen molar-refractivity contribution in [2.24, 2.45) is 5.73 Å². The van der Waals surface area contributed by atoms with Crippen molar-refractivity contribution in [2.45, 2.75) is 19.3 Å². The molecule has 0 radical (unpaired) electrons. The van der Waals surface area contributed by atoms with Gasteiger partial charge in [0, 0.05) is 11.8 Å². The number of benzene rings is 1. The lowest BCUT2D eigenvalue weighted by atomic mass is 10.1. The first kappa shape index (κ1) is 13.1. The highest BCUT2D eigenvalue weighted by Gasteiger charge is 2.03. The normalized spacial score (nSPS) is 10.6. The van der Waals surface area contributed by atoms with Gasteiger partial charge >= 0.3 is 0 Å². The lowest BCUT2D eigenvalue weighted by Gasteiger charge is -2.01. The molecular weight excluding hydrogens is 244 g/mol. The topological polar surface area (TPSA) is 48.1 Å². The molecule has 0 atom stereocenters. The molecule has 3 nitrogen and oxygen atoms in total. The van der Waals surface area contributed by atoms with E-state index in [0.29, 0.717) is 0 Å². The van der Waals surface area contributed by atoms with Crippen molar-refractivity contribution in [3.63, 3.8) is 0 Å². The summed E-state index contributed by atoms with van der Waals surface area (Å²) in [5, 5.41) is 3.29. The molecule has 0 bridgehead atoms. The van der Waals surface area contributed by atoms with Gasteiger partial charge < -0.3 is 10.5 Å². The molecule has 4 heteroatoms. The average molecular weight is 262 g/mol. The van der Waals surface area contributed by atoms with Crippen LogP contribution in [-0.2, 0) is 12.8 Å².